The summed E-state index contributed by atoms with van der Waals surface area (Å²) < 4.78 is 7.93. The maximum atomic E-state index is 12.4. The van der Waals surface area contributed by atoms with Crippen molar-refractivity contribution in [2.24, 2.45) is 11.1 Å². The highest BCUT2D eigenvalue weighted by Crippen LogP contribution is 2.17. The Morgan fingerprint density at radius 2 is 1.48 bits per heavy atom. The number of rotatable bonds is 7. The van der Waals surface area contributed by atoms with E-state index in [1.165, 1.54) is 0 Å². The van der Waals surface area contributed by atoms with Crippen molar-refractivity contribution in [3.05, 3.63) is 31.5 Å². The molecule has 0 saturated heterocycles. The topological polar surface area (TPSA) is 118 Å². The molecule has 1 aromatic rings. The number of carbonyl (C=O) groups is 1. The fourth-order valence-electron chi connectivity index (χ4n) is 2.15. The molecule has 0 saturated carbocycles. The average Bonchev–Trinajstić information content (AvgIpc) is 2.50. The van der Waals surface area contributed by atoms with Gasteiger partial charge in [0.05, 0.1) is 6.61 Å². The van der Waals surface area contributed by atoms with Crippen LogP contribution in [0.15, 0.2) is 14.4 Å². The molecule has 9 nitrogen and oxygen atoms in total. The van der Waals surface area contributed by atoms with Crippen LogP contribution in [0.25, 0.3) is 0 Å². The molecule has 127 valence electrons. The summed E-state index contributed by atoms with van der Waals surface area (Å²) in [6, 6.07) is 0. The Balaban J connectivity index is 3.28. The first-order chi connectivity index (χ1) is 10.7. The minimum atomic E-state index is -0.691. The predicted molar refractivity (Wildman–Crippen MR) is 85.6 cm³/mol. The van der Waals surface area contributed by atoms with E-state index in [0.717, 1.165) is 21.1 Å². The number of hydrogen-bond donors (Lipinski definition) is 1. The van der Waals surface area contributed by atoms with Crippen molar-refractivity contribution in [2.45, 2.75) is 47.3 Å². The van der Waals surface area contributed by atoms with E-state index in [-0.39, 0.29) is 26.2 Å². The first-order valence-electron chi connectivity index (χ1n) is 7.34. The fourth-order valence-corrected chi connectivity index (χ4v) is 2.15. The molecule has 0 aliphatic heterocycles. The molecule has 0 unspecified atom stereocenters. The lowest BCUT2D eigenvalue weighted by Crippen LogP contribution is -2.55. The number of hydrogen-bond acceptors (Lipinski definition) is 6. The van der Waals surface area contributed by atoms with Crippen LogP contribution in [0.4, 0.5) is 4.79 Å². The van der Waals surface area contributed by atoms with Crippen molar-refractivity contribution in [3.63, 3.8) is 0 Å². The molecule has 23 heavy (non-hydrogen) atoms. The highest BCUT2D eigenvalue weighted by atomic mass is 16.5. The summed E-state index contributed by atoms with van der Waals surface area (Å²) >= 11 is 0. The van der Waals surface area contributed by atoms with Gasteiger partial charge in [-0.25, -0.2) is 28.1 Å². The van der Waals surface area contributed by atoms with Crippen molar-refractivity contribution in [1.29, 1.82) is 0 Å². The second-order valence-electron chi connectivity index (χ2n) is 5.86. The summed E-state index contributed by atoms with van der Waals surface area (Å²) in [4.78, 5) is 47.9. The van der Waals surface area contributed by atoms with E-state index in [1.54, 1.807) is 27.7 Å². The van der Waals surface area contributed by atoms with Crippen LogP contribution in [0.5, 0.6) is 0 Å². The molecule has 0 spiro atoms. The summed E-state index contributed by atoms with van der Waals surface area (Å²) in [6.45, 7) is 7.08. The largest absolute Gasteiger partial charge is 0.472 e. The van der Waals surface area contributed by atoms with E-state index in [4.69, 9.17) is 10.4 Å². The molecule has 1 rings (SSSR count). The van der Waals surface area contributed by atoms with Crippen LogP contribution in [0.1, 0.15) is 27.7 Å². The number of nitrogens with zero attached hydrogens (tertiary/aromatic N) is 3. The van der Waals surface area contributed by atoms with E-state index in [2.05, 4.69) is 0 Å². The zero-order chi connectivity index (χ0) is 17.8. The predicted octanol–water partition coefficient (Wildman–Crippen LogP) is -1.05. The first kappa shape index (κ1) is 19.0. The monoisotopic (exact) mass is 325 g/mol. The van der Waals surface area contributed by atoms with Gasteiger partial charge in [0, 0.05) is 25.0 Å². The zero-order valence-electron chi connectivity index (χ0n) is 13.9. The van der Waals surface area contributed by atoms with Gasteiger partial charge < -0.3 is 10.4 Å². The van der Waals surface area contributed by atoms with Crippen molar-refractivity contribution >= 4 is 13.3 Å². The minimum absolute atomic E-state index is 0.00278. The Labute approximate surface area is 133 Å². The van der Waals surface area contributed by atoms with Gasteiger partial charge in [0.1, 0.15) is 0 Å². The Hall–Kier alpha value is -2.10. The number of aromatic nitrogens is 3. The molecule has 0 aliphatic rings. The SMILES string of the molecule is CCn1c(=O)n(CC)c(=O)n(CC(C)(C)COC(=O)[B]N)c1=O. The standard InChI is InChI=1S/C13H22BN4O5/c1-5-16-10(20)17(6-2)12(22)18(11(16)21)7-13(3,4)8-23-9(19)14-15/h5-8,15H2,1-4H3. The van der Waals surface area contributed by atoms with Gasteiger partial charge in [-0.2, -0.15) is 0 Å². The molecule has 0 aliphatic carbocycles. The lowest BCUT2D eigenvalue weighted by Gasteiger charge is -2.25. The van der Waals surface area contributed by atoms with E-state index in [9.17, 15) is 19.2 Å². The van der Waals surface area contributed by atoms with Crippen LogP contribution in [0.3, 0.4) is 0 Å². The van der Waals surface area contributed by atoms with Gasteiger partial charge in [-0.15, -0.1) is 0 Å². The fraction of sp³-hybridized carbons (Fsp3) is 0.692. The third-order valence-corrected chi connectivity index (χ3v) is 3.35. The van der Waals surface area contributed by atoms with Crippen LogP contribution in [-0.4, -0.2) is 33.6 Å². The third kappa shape index (κ3) is 4.22. The second kappa shape index (κ2) is 7.45. The second-order valence-corrected chi connectivity index (χ2v) is 5.86. The number of ether oxygens (including phenoxy) is 1. The van der Waals surface area contributed by atoms with Crippen LogP contribution in [0, 0.1) is 5.41 Å². The van der Waals surface area contributed by atoms with Crippen molar-refractivity contribution in [2.75, 3.05) is 6.61 Å². The molecule has 0 fully saturated rings. The van der Waals surface area contributed by atoms with Gasteiger partial charge in [0.15, 0.2) is 0 Å². The molecule has 10 heteroatoms. The normalized spacial score (nSPS) is 11.3. The molecule has 2 N–H and O–H groups in total. The van der Waals surface area contributed by atoms with Gasteiger partial charge in [-0.1, -0.05) is 13.8 Å². The maximum absolute atomic E-state index is 12.4. The third-order valence-electron chi connectivity index (χ3n) is 3.35. The number of nitrogens with two attached hydrogens (primary N) is 1. The van der Waals surface area contributed by atoms with E-state index in [1.807, 2.05) is 0 Å². The molecular formula is C13H22BN4O5. The number of carbonyl (C=O) groups excluding carboxylic acids is 1. The Morgan fingerprint density at radius 1 is 1.04 bits per heavy atom. The van der Waals surface area contributed by atoms with Crippen molar-refractivity contribution < 1.29 is 9.53 Å². The Morgan fingerprint density at radius 3 is 1.87 bits per heavy atom. The summed E-state index contributed by atoms with van der Waals surface area (Å²) in [7, 11) is 0.795. The van der Waals surface area contributed by atoms with Crippen LogP contribution in [-0.2, 0) is 24.4 Å². The Kier molecular flexibility index (Phi) is 6.14. The van der Waals surface area contributed by atoms with Crippen LogP contribution >= 0.6 is 0 Å². The van der Waals surface area contributed by atoms with E-state index in [0.29, 0.717) is 0 Å². The molecule has 1 heterocycles. The molecular weight excluding hydrogens is 303 g/mol. The zero-order valence-corrected chi connectivity index (χ0v) is 13.9. The lowest BCUT2D eigenvalue weighted by atomic mass is 9.93. The summed E-state index contributed by atoms with van der Waals surface area (Å²) in [5, 5.41) is 0. The van der Waals surface area contributed by atoms with Gasteiger partial charge in [-0.05, 0) is 13.8 Å². The summed E-state index contributed by atoms with van der Waals surface area (Å²) in [6.07, 6.45) is 0. The smallest absolute Gasteiger partial charge is 0.351 e. The molecule has 0 atom stereocenters. The summed E-state index contributed by atoms with van der Waals surface area (Å²) in [5.74, 6) is -0.685. The highest BCUT2D eigenvalue weighted by Gasteiger charge is 2.25. The van der Waals surface area contributed by atoms with E-state index < -0.39 is 28.4 Å². The van der Waals surface area contributed by atoms with Crippen LogP contribution in [0.2, 0.25) is 0 Å². The lowest BCUT2D eigenvalue weighted by molar-refractivity contribution is 0.105. The summed E-state index contributed by atoms with van der Waals surface area (Å²) in [5.41, 5.74) is 2.40. The molecule has 1 radical (unpaired) electrons. The minimum Gasteiger partial charge on any atom is -0.472 e. The first-order valence-corrected chi connectivity index (χ1v) is 7.34. The van der Waals surface area contributed by atoms with Crippen molar-refractivity contribution in [3.8, 4) is 0 Å². The van der Waals surface area contributed by atoms with E-state index >= 15 is 0 Å². The molecule has 1 aromatic heterocycles. The van der Waals surface area contributed by atoms with Gasteiger partial charge in [0.25, 0.3) is 5.87 Å². The highest BCUT2D eigenvalue weighted by molar-refractivity contribution is 6.69. The molecule has 0 amide bonds. The van der Waals surface area contributed by atoms with Gasteiger partial charge in [0.2, 0.25) is 0 Å². The Bertz CT molecular complexity index is 704. The maximum Gasteiger partial charge on any atom is 0.351 e. The quantitative estimate of drug-likeness (QED) is 0.639. The van der Waals surface area contributed by atoms with Gasteiger partial charge >= 0.3 is 24.5 Å². The van der Waals surface area contributed by atoms with Crippen molar-refractivity contribution in [1.82, 2.24) is 13.7 Å². The molecule has 0 aromatic carbocycles. The average molecular weight is 325 g/mol. The molecule has 0 bridgehead atoms. The van der Waals surface area contributed by atoms with Crippen LogP contribution < -0.4 is 22.7 Å². The van der Waals surface area contributed by atoms with Gasteiger partial charge in [-0.3, -0.25) is 4.79 Å².